The van der Waals surface area contributed by atoms with Gasteiger partial charge in [0, 0.05) is 28.7 Å². The Morgan fingerprint density at radius 2 is 1.86 bits per heavy atom. The number of carbonyl (C=O) groups excluding carboxylic acids is 1. The summed E-state index contributed by atoms with van der Waals surface area (Å²) >= 11 is 5.98. The molecule has 2 aromatic heterocycles. The molecule has 0 saturated carbocycles. The number of hydrogen-bond donors (Lipinski definition) is 1. The summed E-state index contributed by atoms with van der Waals surface area (Å²) < 4.78 is 0. The van der Waals surface area contributed by atoms with Crippen LogP contribution in [0.4, 0.5) is 5.69 Å². The first-order valence-corrected chi connectivity index (χ1v) is 6.89. The van der Waals surface area contributed by atoms with Crippen molar-refractivity contribution in [1.29, 1.82) is 0 Å². The maximum Gasteiger partial charge on any atom is 0.274 e. The molecule has 3 rings (SSSR count). The molecule has 0 radical (unpaired) electrons. The summed E-state index contributed by atoms with van der Waals surface area (Å²) in [6.45, 7) is 0. The molecule has 5 nitrogen and oxygen atoms in total. The smallest absolute Gasteiger partial charge is 0.274 e. The number of halogens is 1. The second-order valence-corrected chi connectivity index (χ2v) is 4.93. The fraction of sp³-hybridized carbons (Fsp3) is 0. The van der Waals surface area contributed by atoms with Crippen molar-refractivity contribution in [3.05, 3.63) is 71.9 Å². The number of benzene rings is 1. The van der Waals surface area contributed by atoms with E-state index in [-0.39, 0.29) is 11.6 Å². The minimum Gasteiger partial charge on any atom is -0.321 e. The first-order chi connectivity index (χ1) is 10.7. The van der Waals surface area contributed by atoms with Gasteiger partial charge in [0.25, 0.3) is 5.91 Å². The quantitative estimate of drug-likeness (QED) is 0.804. The van der Waals surface area contributed by atoms with Crippen molar-refractivity contribution < 1.29 is 4.79 Å². The number of carbonyl (C=O) groups is 1. The van der Waals surface area contributed by atoms with E-state index in [1.807, 2.05) is 12.1 Å². The predicted octanol–water partition coefficient (Wildman–Crippen LogP) is 3.44. The molecule has 2 heterocycles. The molecule has 0 saturated heterocycles. The van der Waals surface area contributed by atoms with Gasteiger partial charge in [-0.25, -0.2) is 9.97 Å². The Hall–Kier alpha value is -2.79. The second-order valence-electron chi connectivity index (χ2n) is 4.49. The van der Waals surface area contributed by atoms with E-state index in [0.29, 0.717) is 16.4 Å². The van der Waals surface area contributed by atoms with E-state index in [1.165, 1.54) is 6.33 Å². The van der Waals surface area contributed by atoms with Crippen molar-refractivity contribution in [3.8, 4) is 11.3 Å². The number of pyridine rings is 1. The molecule has 3 aromatic rings. The number of hydrogen-bond acceptors (Lipinski definition) is 4. The zero-order valence-electron chi connectivity index (χ0n) is 11.4. The van der Waals surface area contributed by atoms with Crippen LogP contribution in [-0.2, 0) is 0 Å². The lowest BCUT2D eigenvalue weighted by atomic mass is 10.1. The van der Waals surface area contributed by atoms with E-state index in [4.69, 9.17) is 11.6 Å². The molecule has 0 aliphatic heterocycles. The Balaban J connectivity index is 1.86. The molecular formula is C16H11ClN4O. The van der Waals surface area contributed by atoms with Gasteiger partial charge in [0.1, 0.15) is 12.0 Å². The molecule has 0 spiro atoms. The second kappa shape index (κ2) is 6.32. The molecule has 1 aromatic carbocycles. The van der Waals surface area contributed by atoms with Crippen molar-refractivity contribution in [3.63, 3.8) is 0 Å². The van der Waals surface area contributed by atoms with Gasteiger partial charge in [0.2, 0.25) is 0 Å². The summed E-state index contributed by atoms with van der Waals surface area (Å²) in [5.41, 5.74) is 2.40. The van der Waals surface area contributed by atoms with Gasteiger partial charge in [-0.1, -0.05) is 23.7 Å². The highest BCUT2D eigenvalue weighted by molar-refractivity contribution is 6.30. The Labute approximate surface area is 132 Å². The van der Waals surface area contributed by atoms with E-state index in [2.05, 4.69) is 20.3 Å². The van der Waals surface area contributed by atoms with Crippen LogP contribution < -0.4 is 5.32 Å². The summed E-state index contributed by atoms with van der Waals surface area (Å²) in [5.74, 6) is -0.308. The molecule has 0 fully saturated rings. The van der Waals surface area contributed by atoms with E-state index in [9.17, 15) is 4.79 Å². The molecule has 1 N–H and O–H groups in total. The molecule has 0 atom stereocenters. The van der Waals surface area contributed by atoms with Crippen LogP contribution in [-0.4, -0.2) is 20.9 Å². The standard InChI is InChI=1S/C16H11ClN4O/c17-12-3-1-2-11(8-12)14-9-15(20-10-19-14)16(22)21-13-4-6-18-7-5-13/h1-10H,(H,18,21,22). The SMILES string of the molecule is O=C(Nc1ccncc1)c1cc(-c2cccc(Cl)c2)ncn1. The third-order valence-electron chi connectivity index (χ3n) is 2.96. The van der Waals surface area contributed by atoms with E-state index in [0.717, 1.165) is 5.56 Å². The normalized spacial score (nSPS) is 10.2. The first-order valence-electron chi connectivity index (χ1n) is 6.52. The van der Waals surface area contributed by atoms with Crippen molar-refractivity contribution in [2.45, 2.75) is 0 Å². The monoisotopic (exact) mass is 310 g/mol. The average molecular weight is 311 g/mol. The molecule has 108 valence electrons. The molecule has 0 aliphatic carbocycles. The first kappa shape index (κ1) is 14.2. The van der Waals surface area contributed by atoms with Crippen LogP contribution in [0, 0.1) is 0 Å². The average Bonchev–Trinajstić information content (AvgIpc) is 2.56. The van der Waals surface area contributed by atoms with Crippen LogP contribution in [0.25, 0.3) is 11.3 Å². The van der Waals surface area contributed by atoms with Gasteiger partial charge in [-0.05, 0) is 30.3 Å². The Morgan fingerprint density at radius 1 is 1.05 bits per heavy atom. The van der Waals surface area contributed by atoms with Crippen molar-refractivity contribution in [2.75, 3.05) is 5.32 Å². The van der Waals surface area contributed by atoms with Crippen LogP contribution in [0.1, 0.15) is 10.5 Å². The lowest BCUT2D eigenvalue weighted by Crippen LogP contribution is -2.14. The molecular weight excluding hydrogens is 300 g/mol. The van der Waals surface area contributed by atoms with Gasteiger partial charge in [0.15, 0.2) is 0 Å². The van der Waals surface area contributed by atoms with Gasteiger partial charge in [-0.15, -0.1) is 0 Å². The number of amides is 1. The minimum atomic E-state index is -0.308. The van der Waals surface area contributed by atoms with Gasteiger partial charge in [-0.3, -0.25) is 9.78 Å². The van der Waals surface area contributed by atoms with Crippen molar-refractivity contribution in [1.82, 2.24) is 15.0 Å². The summed E-state index contributed by atoms with van der Waals surface area (Å²) in [6, 6.07) is 12.3. The molecule has 1 amide bonds. The third kappa shape index (κ3) is 3.27. The van der Waals surface area contributed by atoms with E-state index < -0.39 is 0 Å². The number of nitrogens with one attached hydrogen (secondary N) is 1. The largest absolute Gasteiger partial charge is 0.321 e. The van der Waals surface area contributed by atoms with Crippen molar-refractivity contribution >= 4 is 23.2 Å². The van der Waals surface area contributed by atoms with Gasteiger partial charge in [-0.2, -0.15) is 0 Å². The van der Waals surface area contributed by atoms with Crippen LogP contribution >= 0.6 is 11.6 Å². The summed E-state index contributed by atoms with van der Waals surface area (Å²) in [6.07, 6.45) is 4.57. The maximum absolute atomic E-state index is 12.2. The van der Waals surface area contributed by atoms with Gasteiger partial charge in [0.05, 0.1) is 5.69 Å². The van der Waals surface area contributed by atoms with Gasteiger partial charge < -0.3 is 5.32 Å². The topological polar surface area (TPSA) is 67.8 Å². The maximum atomic E-state index is 12.2. The summed E-state index contributed by atoms with van der Waals surface area (Å²) in [7, 11) is 0. The fourth-order valence-corrected chi connectivity index (χ4v) is 2.11. The zero-order valence-corrected chi connectivity index (χ0v) is 12.2. The number of aromatic nitrogens is 3. The molecule has 6 heteroatoms. The lowest BCUT2D eigenvalue weighted by Gasteiger charge is -2.06. The van der Waals surface area contributed by atoms with Crippen LogP contribution in [0.5, 0.6) is 0 Å². The van der Waals surface area contributed by atoms with Crippen LogP contribution in [0.2, 0.25) is 5.02 Å². The highest BCUT2D eigenvalue weighted by Crippen LogP contribution is 2.21. The summed E-state index contributed by atoms with van der Waals surface area (Å²) in [5, 5.41) is 3.36. The Kier molecular flexibility index (Phi) is 4.07. The predicted molar refractivity (Wildman–Crippen MR) is 84.7 cm³/mol. The molecule has 0 unspecified atom stereocenters. The molecule has 0 bridgehead atoms. The zero-order chi connectivity index (χ0) is 15.4. The van der Waals surface area contributed by atoms with E-state index >= 15 is 0 Å². The third-order valence-corrected chi connectivity index (χ3v) is 3.19. The van der Waals surface area contributed by atoms with Crippen LogP contribution in [0.15, 0.2) is 61.2 Å². The molecule has 0 aliphatic rings. The fourth-order valence-electron chi connectivity index (χ4n) is 1.92. The molecule has 22 heavy (non-hydrogen) atoms. The number of nitrogens with zero attached hydrogens (tertiary/aromatic N) is 3. The Morgan fingerprint density at radius 3 is 2.64 bits per heavy atom. The minimum absolute atomic E-state index is 0.279. The van der Waals surface area contributed by atoms with Crippen molar-refractivity contribution in [2.24, 2.45) is 0 Å². The van der Waals surface area contributed by atoms with Gasteiger partial charge >= 0.3 is 0 Å². The van der Waals surface area contributed by atoms with Crippen LogP contribution in [0.3, 0.4) is 0 Å². The number of anilines is 1. The highest BCUT2D eigenvalue weighted by atomic mass is 35.5. The number of rotatable bonds is 3. The lowest BCUT2D eigenvalue weighted by molar-refractivity contribution is 0.102. The Bertz CT molecular complexity index is 808. The summed E-state index contributed by atoms with van der Waals surface area (Å²) in [4.78, 5) is 24.3. The highest BCUT2D eigenvalue weighted by Gasteiger charge is 2.10. The van der Waals surface area contributed by atoms with E-state index in [1.54, 1.807) is 42.7 Å².